The molecule has 1 rings (SSSR count). The maximum Gasteiger partial charge on any atom is 0.231 e. The van der Waals surface area contributed by atoms with Crippen LogP contribution < -0.4 is 16.8 Å². The standard InChI is InChI=1S/C17H28N4O/c1-2-3-4-5-6-7-10-14-13-15(14)16(22)20-11-8-9-12-21-17(18)19/h5-7,10,13,15H,2-4,8-9,11-12H2,1H3,(H,20,22)(H4,18,19,21)/t15-/m0/s1. The summed E-state index contributed by atoms with van der Waals surface area (Å²) in [7, 11) is 0. The topological polar surface area (TPSA) is 93.5 Å². The smallest absolute Gasteiger partial charge is 0.231 e. The molecule has 122 valence electrons. The lowest BCUT2D eigenvalue weighted by Gasteiger charge is -2.03. The number of amides is 1. The highest BCUT2D eigenvalue weighted by Gasteiger charge is 2.29. The van der Waals surface area contributed by atoms with Crippen molar-refractivity contribution in [3.05, 3.63) is 36.0 Å². The molecule has 0 unspecified atom stereocenters. The zero-order valence-electron chi connectivity index (χ0n) is 13.4. The Balaban J connectivity index is 2.05. The molecule has 1 aliphatic rings. The molecular weight excluding hydrogens is 276 g/mol. The van der Waals surface area contributed by atoms with Gasteiger partial charge in [0.15, 0.2) is 5.96 Å². The number of nitrogens with zero attached hydrogens (tertiary/aromatic N) is 1. The predicted octanol–water partition coefficient (Wildman–Crippen LogP) is 2.02. The van der Waals surface area contributed by atoms with Gasteiger partial charge in [0.05, 0.1) is 5.92 Å². The third-order valence-electron chi connectivity index (χ3n) is 3.33. The molecule has 22 heavy (non-hydrogen) atoms. The maximum absolute atomic E-state index is 11.8. The Bertz CT molecular complexity index is 459. The second-order valence-electron chi connectivity index (χ2n) is 5.38. The van der Waals surface area contributed by atoms with Gasteiger partial charge in [-0.2, -0.15) is 0 Å². The summed E-state index contributed by atoms with van der Waals surface area (Å²) in [5.41, 5.74) is 11.6. The molecule has 0 radical (unpaired) electrons. The van der Waals surface area contributed by atoms with Crippen LogP contribution >= 0.6 is 0 Å². The number of carbonyl (C=O) groups is 1. The number of nitrogens with two attached hydrogens (primary N) is 2. The average Bonchev–Trinajstić information content (AvgIpc) is 3.25. The SMILES string of the molecule is CCCCC=CC=CC1=C[C@@H]1C(=O)NCCCCN=C(N)N. The quantitative estimate of drug-likeness (QED) is 0.236. The first-order valence-electron chi connectivity index (χ1n) is 8.03. The van der Waals surface area contributed by atoms with Crippen LogP contribution in [0.1, 0.15) is 39.0 Å². The Hall–Kier alpha value is -2.04. The first-order valence-corrected chi connectivity index (χ1v) is 8.03. The second kappa shape index (κ2) is 10.7. The molecule has 0 aromatic heterocycles. The Morgan fingerprint density at radius 2 is 2.14 bits per heavy atom. The van der Waals surface area contributed by atoms with E-state index < -0.39 is 0 Å². The number of rotatable bonds is 11. The summed E-state index contributed by atoms with van der Waals surface area (Å²) < 4.78 is 0. The Kier molecular flexibility index (Phi) is 8.72. The molecule has 0 fully saturated rings. The van der Waals surface area contributed by atoms with Gasteiger partial charge >= 0.3 is 0 Å². The summed E-state index contributed by atoms with van der Waals surface area (Å²) in [5.74, 6) is 0.154. The molecule has 0 spiro atoms. The van der Waals surface area contributed by atoms with Crippen LogP contribution in [-0.2, 0) is 4.79 Å². The van der Waals surface area contributed by atoms with Gasteiger partial charge in [0, 0.05) is 13.1 Å². The highest BCUT2D eigenvalue weighted by molar-refractivity contribution is 5.89. The van der Waals surface area contributed by atoms with Crippen molar-refractivity contribution < 1.29 is 4.79 Å². The normalized spacial score (nSPS) is 16.8. The van der Waals surface area contributed by atoms with Crippen LogP contribution in [0.2, 0.25) is 0 Å². The third-order valence-corrected chi connectivity index (χ3v) is 3.33. The fraction of sp³-hybridized carbons (Fsp3) is 0.529. The van der Waals surface area contributed by atoms with Crippen molar-refractivity contribution in [1.82, 2.24) is 5.32 Å². The summed E-state index contributed by atoms with van der Waals surface area (Å²) in [6, 6.07) is 0. The van der Waals surface area contributed by atoms with Gasteiger partial charge in [-0.25, -0.2) is 0 Å². The minimum absolute atomic E-state index is 0.0435. The number of allylic oxidation sites excluding steroid dienone is 4. The zero-order valence-corrected chi connectivity index (χ0v) is 13.4. The van der Waals surface area contributed by atoms with Crippen LogP contribution in [0.4, 0.5) is 0 Å². The van der Waals surface area contributed by atoms with Crippen molar-refractivity contribution >= 4 is 11.9 Å². The molecule has 0 bridgehead atoms. The van der Waals surface area contributed by atoms with Crippen LogP contribution in [0.25, 0.3) is 0 Å². The molecule has 0 aromatic rings. The van der Waals surface area contributed by atoms with E-state index in [0.29, 0.717) is 13.1 Å². The maximum atomic E-state index is 11.8. The Morgan fingerprint density at radius 3 is 2.86 bits per heavy atom. The summed E-state index contributed by atoms with van der Waals surface area (Å²) in [4.78, 5) is 15.7. The molecule has 0 saturated heterocycles. The average molecular weight is 304 g/mol. The molecule has 5 heteroatoms. The molecule has 5 N–H and O–H groups in total. The number of nitrogens with one attached hydrogen (secondary N) is 1. The highest BCUT2D eigenvalue weighted by atomic mass is 16.1. The van der Waals surface area contributed by atoms with Gasteiger partial charge in [-0.3, -0.25) is 9.79 Å². The van der Waals surface area contributed by atoms with Crippen molar-refractivity contribution in [3.63, 3.8) is 0 Å². The lowest BCUT2D eigenvalue weighted by atomic mass is 10.2. The summed E-state index contributed by atoms with van der Waals surface area (Å²) in [5, 5.41) is 2.93. The number of aliphatic imine (C=N–C) groups is 1. The second-order valence-corrected chi connectivity index (χ2v) is 5.38. The van der Waals surface area contributed by atoms with Crippen LogP contribution in [0.3, 0.4) is 0 Å². The molecule has 5 nitrogen and oxygen atoms in total. The van der Waals surface area contributed by atoms with Crippen LogP contribution in [0.15, 0.2) is 40.9 Å². The van der Waals surface area contributed by atoms with Gasteiger partial charge in [0.2, 0.25) is 5.91 Å². The van der Waals surface area contributed by atoms with Crippen LogP contribution in [0, 0.1) is 5.92 Å². The minimum Gasteiger partial charge on any atom is -0.370 e. The first-order chi connectivity index (χ1) is 10.6. The van der Waals surface area contributed by atoms with E-state index in [2.05, 4.69) is 23.3 Å². The van der Waals surface area contributed by atoms with Crippen LogP contribution in [-0.4, -0.2) is 25.0 Å². The van der Waals surface area contributed by atoms with Crippen molar-refractivity contribution in [1.29, 1.82) is 0 Å². The largest absolute Gasteiger partial charge is 0.370 e. The fourth-order valence-electron chi connectivity index (χ4n) is 1.96. The number of hydrogen-bond acceptors (Lipinski definition) is 2. The van der Waals surface area contributed by atoms with Gasteiger partial charge in [-0.1, -0.05) is 50.1 Å². The number of carbonyl (C=O) groups excluding carboxylic acids is 1. The molecule has 1 amide bonds. The number of unbranched alkanes of at least 4 members (excludes halogenated alkanes) is 3. The molecular formula is C17H28N4O. The molecule has 1 aliphatic carbocycles. The van der Waals surface area contributed by atoms with Crippen molar-refractivity contribution in [3.8, 4) is 0 Å². The van der Waals surface area contributed by atoms with Gasteiger partial charge in [0.1, 0.15) is 0 Å². The van der Waals surface area contributed by atoms with Crippen LogP contribution in [0.5, 0.6) is 0 Å². The van der Waals surface area contributed by atoms with E-state index in [0.717, 1.165) is 24.8 Å². The van der Waals surface area contributed by atoms with E-state index >= 15 is 0 Å². The first kappa shape index (κ1) is 18.0. The van der Waals surface area contributed by atoms with E-state index in [1.807, 2.05) is 24.3 Å². The monoisotopic (exact) mass is 304 g/mol. The van der Waals surface area contributed by atoms with Crippen molar-refractivity contribution in [2.45, 2.75) is 39.0 Å². The molecule has 1 atom stereocenters. The zero-order chi connectivity index (χ0) is 16.2. The number of hydrogen-bond donors (Lipinski definition) is 3. The Morgan fingerprint density at radius 1 is 1.32 bits per heavy atom. The molecule has 0 heterocycles. The van der Waals surface area contributed by atoms with Gasteiger partial charge in [-0.15, -0.1) is 0 Å². The van der Waals surface area contributed by atoms with Gasteiger partial charge < -0.3 is 16.8 Å². The van der Waals surface area contributed by atoms with E-state index in [1.54, 1.807) is 0 Å². The molecule has 0 saturated carbocycles. The van der Waals surface area contributed by atoms with Crippen molar-refractivity contribution in [2.75, 3.05) is 13.1 Å². The fourth-order valence-corrected chi connectivity index (χ4v) is 1.96. The van der Waals surface area contributed by atoms with E-state index in [4.69, 9.17) is 11.5 Å². The summed E-state index contributed by atoms with van der Waals surface area (Å²) in [6.45, 7) is 3.46. The lowest BCUT2D eigenvalue weighted by molar-refractivity contribution is -0.121. The minimum atomic E-state index is -0.0435. The third kappa shape index (κ3) is 8.29. The Labute approximate surface area is 133 Å². The van der Waals surface area contributed by atoms with E-state index in [1.165, 1.54) is 12.8 Å². The van der Waals surface area contributed by atoms with Gasteiger partial charge in [-0.05, 0) is 24.8 Å². The lowest BCUT2D eigenvalue weighted by Crippen LogP contribution is -2.27. The van der Waals surface area contributed by atoms with E-state index in [9.17, 15) is 4.79 Å². The predicted molar refractivity (Wildman–Crippen MR) is 92.3 cm³/mol. The molecule has 0 aliphatic heterocycles. The molecule has 0 aromatic carbocycles. The summed E-state index contributed by atoms with van der Waals surface area (Å²) >= 11 is 0. The highest BCUT2D eigenvalue weighted by Crippen LogP contribution is 2.29. The summed E-state index contributed by atoms with van der Waals surface area (Å²) in [6.07, 6.45) is 15.5. The van der Waals surface area contributed by atoms with E-state index in [-0.39, 0.29) is 17.8 Å². The van der Waals surface area contributed by atoms with Crippen molar-refractivity contribution in [2.24, 2.45) is 22.4 Å². The van der Waals surface area contributed by atoms with Gasteiger partial charge in [0.25, 0.3) is 0 Å². The number of guanidine groups is 1.